The average molecular weight is 574 g/mol. The Morgan fingerprint density at radius 1 is 1.02 bits per heavy atom. The molecule has 0 fully saturated rings. The monoisotopic (exact) mass is 573 g/mol. The molecule has 9 heteroatoms. The first-order valence-electron chi connectivity index (χ1n) is 13.6. The number of carbonyl (C=O) groups is 3. The lowest BCUT2D eigenvalue weighted by Gasteiger charge is -2.34. The number of hydrogen-bond donors (Lipinski definition) is 3. The van der Waals surface area contributed by atoms with Gasteiger partial charge in [0.25, 0.3) is 5.91 Å². The first kappa shape index (κ1) is 31.7. The number of alkyl carbamates (subject to hydrolysis) is 1. The normalized spacial score (nSPS) is 12.4. The van der Waals surface area contributed by atoms with E-state index in [0.717, 1.165) is 5.56 Å². The molecule has 0 saturated heterocycles. The Balaban J connectivity index is 2.05. The van der Waals surface area contributed by atoms with Gasteiger partial charge in [-0.2, -0.15) is 0 Å². The van der Waals surface area contributed by atoms with Crippen molar-refractivity contribution in [3.8, 4) is 11.5 Å². The number of amides is 3. The predicted molar refractivity (Wildman–Crippen MR) is 162 cm³/mol. The van der Waals surface area contributed by atoms with Crippen LogP contribution < -0.4 is 15.4 Å². The van der Waals surface area contributed by atoms with Crippen LogP contribution >= 0.6 is 0 Å². The largest absolute Gasteiger partial charge is 0.508 e. The summed E-state index contributed by atoms with van der Waals surface area (Å²) in [6.07, 6.45) is 0.926. The van der Waals surface area contributed by atoms with Crippen molar-refractivity contribution >= 4 is 23.6 Å². The van der Waals surface area contributed by atoms with Crippen molar-refractivity contribution < 1.29 is 29.0 Å². The molecule has 0 heterocycles. The number of rotatable bonds is 11. The maximum atomic E-state index is 14.3. The maximum absolute atomic E-state index is 14.3. The van der Waals surface area contributed by atoms with Crippen molar-refractivity contribution in [1.29, 1.82) is 0 Å². The molecule has 2 atom stereocenters. The highest BCUT2D eigenvalue weighted by molar-refractivity contribution is 5.99. The van der Waals surface area contributed by atoms with Gasteiger partial charge >= 0.3 is 6.09 Å². The van der Waals surface area contributed by atoms with E-state index in [1.165, 1.54) is 17.0 Å². The molecule has 0 aliphatic carbocycles. The van der Waals surface area contributed by atoms with Gasteiger partial charge in [-0.1, -0.05) is 42.5 Å². The van der Waals surface area contributed by atoms with E-state index in [1.807, 2.05) is 30.3 Å². The molecule has 0 radical (unpaired) electrons. The van der Waals surface area contributed by atoms with Crippen LogP contribution in [0.1, 0.15) is 43.5 Å². The highest BCUT2D eigenvalue weighted by atomic mass is 16.6. The zero-order valence-corrected chi connectivity index (χ0v) is 24.7. The van der Waals surface area contributed by atoms with E-state index < -0.39 is 35.6 Å². The molecule has 3 aromatic carbocycles. The van der Waals surface area contributed by atoms with Crippen LogP contribution in [0.15, 0.2) is 85.5 Å². The fourth-order valence-corrected chi connectivity index (χ4v) is 4.37. The number of aromatic hydroxyl groups is 1. The minimum Gasteiger partial charge on any atom is -0.508 e. The van der Waals surface area contributed by atoms with Gasteiger partial charge < -0.3 is 30.1 Å². The second-order valence-electron chi connectivity index (χ2n) is 10.8. The van der Waals surface area contributed by atoms with Crippen molar-refractivity contribution in [2.75, 3.05) is 19.0 Å². The first-order chi connectivity index (χ1) is 19.9. The highest BCUT2D eigenvalue weighted by Gasteiger charge is 2.36. The summed E-state index contributed by atoms with van der Waals surface area (Å²) in [6, 6.07) is 18.6. The Bertz CT molecular complexity index is 1380. The Labute approximate surface area is 247 Å². The SMILES string of the molecule is C=CCN(C(=O)C(Cc1ccccc1)NC(=O)OC(C)(C)C)C(C(=O)Nc1ccc(OC)cc1)c1ccc(O)c(C)c1. The Morgan fingerprint density at radius 3 is 2.26 bits per heavy atom. The molecule has 9 nitrogen and oxygen atoms in total. The lowest BCUT2D eigenvalue weighted by molar-refractivity contribution is -0.140. The minimum absolute atomic E-state index is 0.000739. The van der Waals surface area contributed by atoms with Crippen LogP contribution in [0.25, 0.3) is 0 Å². The second-order valence-corrected chi connectivity index (χ2v) is 10.8. The number of nitrogens with one attached hydrogen (secondary N) is 2. The van der Waals surface area contributed by atoms with Crippen molar-refractivity contribution in [2.24, 2.45) is 0 Å². The molecule has 0 saturated carbocycles. The fraction of sp³-hybridized carbons (Fsp3) is 0.303. The molecule has 0 spiro atoms. The third kappa shape index (κ3) is 8.86. The number of benzene rings is 3. The molecule has 3 amide bonds. The second kappa shape index (κ2) is 14.2. The summed E-state index contributed by atoms with van der Waals surface area (Å²) in [4.78, 5) is 42.5. The number of nitrogens with zero attached hydrogens (tertiary/aromatic N) is 1. The van der Waals surface area contributed by atoms with Gasteiger partial charge in [0.2, 0.25) is 5.91 Å². The predicted octanol–water partition coefficient (Wildman–Crippen LogP) is 5.54. The molecule has 3 N–H and O–H groups in total. The van der Waals surface area contributed by atoms with E-state index in [0.29, 0.717) is 22.6 Å². The highest BCUT2D eigenvalue weighted by Crippen LogP contribution is 2.29. The first-order valence-corrected chi connectivity index (χ1v) is 13.6. The zero-order chi connectivity index (χ0) is 30.9. The number of ether oxygens (including phenoxy) is 2. The van der Waals surface area contributed by atoms with Gasteiger partial charge in [0.15, 0.2) is 0 Å². The van der Waals surface area contributed by atoms with Crippen LogP contribution in [-0.4, -0.2) is 53.2 Å². The molecule has 0 aliphatic heterocycles. The van der Waals surface area contributed by atoms with Crippen LogP contribution in [0, 0.1) is 6.92 Å². The summed E-state index contributed by atoms with van der Waals surface area (Å²) in [7, 11) is 1.55. The number of hydrogen-bond acceptors (Lipinski definition) is 6. The van der Waals surface area contributed by atoms with Crippen LogP contribution in [0.2, 0.25) is 0 Å². The van der Waals surface area contributed by atoms with Gasteiger partial charge in [-0.05, 0) is 80.8 Å². The van der Waals surface area contributed by atoms with Gasteiger partial charge in [-0.3, -0.25) is 9.59 Å². The molecule has 0 aliphatic rings. The van der Waals surface area contributed by atoms with Gasteiger partial charge in [-0.15, -0.1) is 6.58 Å². The average Bonchev–Trinajstić information content (AvgIpc) is 2.94. The summed E-state index contributed by atoms with van der Waals surface area (Å²) in [5.41, 5.74) is 1.54. The van der Waals surface area contributed by atoms with E-state index in [1.54, 1.807) is 71.2 Å². The molecular weight excluding hydrogens is 534 g/mol. The zero-order valence-electron chi connectivity index (χ0n) is 24.7. The number of carbonyl (C=O) groups excluding carboxylic acids is 3. The molecule has 3 rings (SSSR count). The number of aryl methyl sites for hydroxylation is 1. The molecule has 3 aromatic rings. The summed E-state index contributed by atoms with van der Waals surface area (Å²) in [5, 5.41) is 15.8. The summed E-state index contributed by atoms with van der Waals surface area (Å²) in [5.74, 6) is -0.316. The van der Waals surface area contributed by atoms with Gasteiger partial charge in [0.1, 0.15) is 29.2 Å². The molecular formula is C33H39N3O6. The van der Waals surface area contributed by atoms with Gasteiger partial charge in [0, 0.05) is 18.7 Å². The van der Waals surface area contributed by atoms with Crippen LogP contribution in [0.4, 0.5) is 10.5 Å². The Hall–Kier alpha value is -4.79. The topological polar surface area (TPSA) is 117 Å². The Kier molecular flexibility index (Phi) is 10.7. The van der Waals surface area contributed by atoms with E-state index >= 15 is 0 Å². The molecule has 0 aromatic heterocycles. The van der Waals surface area contributed by atoms with Crippen LogP contribution in [0.5, 0.6) is 11.5 Å². The van der Waals surface area contributed by atoms with Gasteiger partial charge in [-0.25, -0.2) is 4.79 Å². The van der Waals surface area contributed by atoms with E-state index in [4.69, 9.17) is 9.47 Å². The fourth-order valence-electron chi connectivity index (χ4n) is 4.37. The summed E-state index contributed by atoms with van der Waals surface area (Å²) in [6.45, 7) is 10.7. The third-order valence-corrected chi connectivity index (χ3v) is 6.33. The molecule has 2 unspecified atom stereocenters. The third-order valence-electron chi connectivity index (χ3n) is 6.33. The quantitative estimate of drug-likeness (QED) is 0.259. The lowest BCUT2D eigenvalue weighted by Crippen LogP contribution is -2.53. The van der Waals surface area contributed by atoms with Crippen LogP contribution in [-0.2, 0) is 20.7 Å². The lowest BCUT2D eigenvalue weighted by atomic mass is 9.98. The van der Waals surface area contributed by atoms with Crippen LogP contribution in [0.3, 0.4) is 0 Å². The number of phenols is 1. The van der Waals surface area contributed by atoms with E-state index in [9.17, 15) is 19.5 Å². The van der Waals surface area contributed by atoms with E-state index in [2.05, 4.69) is 17.2 Å². The summed E-state index contributed by atoms with van der Waals surface area (Å²) < 4.78 is 10.7. The van der Waals surface area contributed by atoms with Crippen molar-refractivity contribution in [2.45, 2.75) is 51.8 Å². The molecule has 222 valence electrons. The van der Waals surface area contributed by atoms with Crippen molar-refractivity contribution in [1.82, 2.24) is 10.2 Å². The number of phenolic OH excluding ortho intramolecular Hbond substituents is 1. The van der Waals surface area contributed by atoms with Gasteiger partial charge in [0.05, 0.1) is 7.11 Å². The standard InChI is InChI=1S/C33H39N3O6/c1-7-19-36(31(39)27(21-23-11-9-8-10-12-23)35-32(40)42-33(3,4)5)29(24-13-18-28(37)22(2)20-24)30(38)34-25-14-16-26(41-6)17-15-25/h7-18,20,27,29,37H,1,19,21H2,2-6H3,(H,34,38)(H,35,40). The van der Waals surface area contributed by atoms with E-state index in [-0.39, 0.29) is 18.7 Å². The van der Waals surface area contributed by atoms with Crippen molar-refractivity contribution in [3.05, 3.63) is 102 Å². The molecule has 0 bridgehead atoms. The molecule has 42 heavy (non-hydrogen) atoms. The Morgan fingerprint density at radius 2 is 1.69 bits per heavy atom. The van der Waals surface area contributed by atoms with Crippen molar-refractivity contribution in [3.63, 3.8) is 0 Å². The number of methoxy groups -OCH3 is 1. The number of anilines is 1. The maximum Gasteiger partial charge on any atom is 0.408 e. The smallest absolute Gasteiger partial charge is 0.408 e. The minimum atomic E-state index is -1.13. The summed E-state index contributed by atoms with van der Waals surface area (Å²) >= 11 is 0.